The molecular weight excluding hydrogens is 384 g/mol. The van der Waals surface area contributed by atoms with Crippen LogP contribution in [0.2, 0.25) is 0 Å². The lowest BCUT2D eigenvalue weighted by atomic mass is 10.0. The van der Waals surface area contributed by atoms with Crippen molar-refractivity contribution in [2.75, 3.05) is 26.2 Å². The Kier molecular flexibility index (Phi) is 4.79. The maximum Gasteiger partial charge on any atom is 0.258 e. The number of aromatic hydroxyl groups is 1. The Morgan fingerprint density at radius 2 is 1.76 bits per heavy atom. The summed E-state index contributed by atoms with van der Waals surface area (Å²) >= 11 is 1.48. The van der Waals surface area contributed by atoms with E-state index < -0.39 is 0 Å². The summed E-state index contributed by atoms with van der Waals surface area (Å²) in [5.74, 6) is 0.361. The average Bonchev–Trinajstić information content (AvgIpc) is 3.21. The topological polar surface area (TPSA) is 61.1 Å². The second-order valence-corrected chi connectivity index (χ2v) is 8.35. The number of rotatable bonds is 4. The maximum absolute atomic E-state index is 12.2. The van der Waals surface area contributed by atoms with E-state index >= 15 is 0 Å². The normalized spacial score (nSPS) is 16.0. The molecule has 29 heavy (non-hydrogen) atoms. The molecule has 2 aromatic heterocycles. The molecule has 6 nitrogen and oxygen atoms in total. The van der Waals surface area contributed by atoms with Crippen LogP contribution in [0.3, 0.4) is 0 Å². The highest BCUT2D eigenvalue weighted by Gasteiger charge is 2.20. The zero-order valence-corrected chi connectivity index (χ0v) is 16.8. The quantitative estimate of drug-likeness (QED) is 0.565. The number of nitrogens with zero attached hydrogens (tertiary/aromatic N) is 4. The van der Waals surface area contributed by atoms with E-state index in [4.69, 9.17) is 0 Å². The van der Waals surface area contributed by atoms with Gasteiger partial charge in [-0.05, 0) is 16.8 Å². The van der Waals surface area contributed by atoms with E-state index in [2.05, 4.69) is 26.9 Å². The van der Waals surface area contributed by atoms with Gasteiger partial charge in [0.2, 0.25) is 0 Å². The Morgan fingerprint density at radius 1 is 1.00 bits per heavy atom. The summed E-state index contributed by atoms with van der Waals surface area (Å²) in [6.45, 7) is 5.10. The van der Waals surface area contributed by atoms with Crippen LogP contribution in [0, 0.1) is 0 Å². The van der Waals surface area contributed by atoms with Crippen LogP contribution >= 0.6 is 11.3 Å². The monoisotopic (exact) mass is 406 g/mol. The van der Waals surface area contributed by atoms with Crippen LogP contribution in [0.5, 0.6) is 5.75 Å². The molecule has 4 aromatic rings. The molecule has 2 aromatic carbocycles. The van der Waals surface area contributed by atoms with Gasteiger partial charge in [0, 0.05) is 62.5 Å². The molecule has 1 aliphatic heterocycles. The molecule has 0 atom stereocenters. The first-order chi connectivity index (χ1) is 14.2. The summed E-state index contributed by atoms with van der Waals surface area (Å²) in [7, 11) is 0. The van der Waals surface area contributed by atoms with Crippen LogP contribution in [0.1, 0.15) is 11.3 Å². The molecular formula is C22H22N4O2S. The van der Waals surface area contributed by atoms with Crippen molar-refractivity contribution in [2.24, 2.45) is 0 Å². The average molecular weight is 407 g/mol. The molecule has 5 rings (SSSR count). The third kappa shape index (κ3) is 3.64. The maximum atomic E-state index is 12.2. The Hall–Kier alpha value is -2.74. The second-order valence-electron chi connectivity index (χ2n) is 7.48. The number of thiazole rings is 1. The summed E-state index contributed by atoms with van der Waals surface area (Å²) in [6, 6.07) is 13.6. The Balaban J connectivity index is 1.26. The van der Waals surface area contributed by atoms with Crippen molar-refractivity contribution in [2.45, 2.75) is 13.1 Å². The van der Waals surface area contributed by atoms with Gasteiger partial charge in [0.05, 0.1) is 5.69 Å². The van der Waals surface area contributed by atoms with Gasteiger partial charge in [-0.25, -0.2) is 4.98 Å². The van der Waals surface area contributed by atoms with Gasteiger partial charge >= 0.3 is 0 Å². The van der Waals surface area contributed by atoms with Crippen molar-refractivity contribution in [3.8, 4) is 5.75 Å². The van der Waals surface area contributed by atoms with E-state index in [-0.39, 0.29) is 5.56 Å². The van der Waals surface area contributed by atoms with E-state index in [1.165, 1.54) is 11.3 Å². The zero-order valence-electron chi connectivity index (χ0n) is 16.0. The zero-order chi connectivity index (χ0) is 19.8. The third-order valence-corrected chi connectivity index (χ3v) is 6.36. The third-order valence-electron chi connectivity index (χ3n) is 5.60. The van der Waals surface area contributed by atoms with Crippen LogP contribution in [0.4, 0.5) is 0 Å². The number of phenolic OH excluding ortho intramolecular Hbond substituents is 1. The molecule has 0 amide bonds. The lowest BCUT2D eigenvalue weighted by Crippen LogP contribution is -2.45. The smallest absolute Gasteiger partial charge is 0.258 e. The molecule has 3 heterocycles. The fourth-order valence-corrected chi connectivity index (χ4v) is 4.76. The number of aromatic nitrogens is 2. The fraction of sp³-hybridized carbons (Fsp3) is 0.273. The molecule has 7 heteroatoms. The van der Waals surface area contributed by atoms with Crippen LogP contribution < -0.4 is 5.56 Å². The highest BCUT2D eigenvalue weighted by Crippen LogP contribution is 2.28. The largest absolute Gasteiger partial charge is 0.508 e. The highest BCUT2D eigenvalue weighted by molar-refractivity contribution is 7.15. The van der Waals surface area contributed by atoms with Crippen molar-refractivity contribution in [3.63, 3.8) is 0 Å². The second kappa shape index (κ2) is 7.59. The van der Waals surface area contributed by atoms with E-state index in [0.717, 1.165) is 59.7 Å². The minimum Gasteiger partial charge on any atom is -0.508 e. The van der Waals surface area contributed by atoms with Crippen LogP contribution in [0.25, 0.3) is 15.7 Å². The van der Waals surface area contributed by atoms with Crippen LogP contribution in [-0.4, -0.2) is 50.5 Å². The first-order valence-electron chi connectivity index (χ1n) is 9.77. The lowest BCUT2D eigenvalue weighted by Gasteiger charge is -2.34. The lowest BCUT2D eigenvalue weighted by molar-refractivity contribution is 0.120. The van der Waals surface area contributed by atoms with E-state index in [9.17, 15) is 9.90 Å². The molecule has 0 unspecified atom stereocenters. The van der Waals surface area contributed by atoms with E-state index in [1.807, 2.05) is 23.6 Å². The summed E-state index contributed by atoms with van der Waals surface area (Å²) in [4.78, 5) is 22.3. The predicted molar refractivity (Wildman–Crippen MR) is 116 cm³/mol. The minimum atomic E-state index is -0.0173. The SMILES string of the molecule is O=c1cc(CN2CCN(Cc3c(O)ccc4ccccc34)CC2)nc2sccn12. The van der Waals surface area contributed by atoms with Gasteiger partial charge in [0.25, 0.3) is 5.56 Å². The van der Waals surface area contributed by atoms with Crippen molar-refractivity contribution in [1.82, 2.24) is 19.2 Å². The van der Waals surface area contributed by atoms with Crippen molar-refractivity contribution in [1.29, 1.82) is 0 Å². The van der Waals surface area contributed by atoms with Crippen molar-refractivity contribution >= 4 is 27.1 Å². The summed E-state index contributed by atoms with van der Waals surface area (Å²) in [5.41, 5.74) is 1.81. The van der Waals surface area contributed by atoms with Gasteiger partial charge in [-0.15, -0.1) is 11.3 Å². The van der Waals surface area contributed by atoms with Gasteiger partial charge in [-0.3, -0.25) is 19.0 Å². The standard InChI is InChI=1S/C22H22N4O2S/c27-20-6-5-16-3-1-2-4-18(16)19(20)15-25-9-7-24(8-10-25)14-17-13-21(28)26-11-12-29-22(26)23-17/h1-6,11-13,27H,7-10,14-15H2. The fourth-order valence-electron chi connectivity index (χ4n) is 4.02. The van der Waals surface area contributed by atoms with Crippen LogP contribution in [-0.2, 0) is 13.1 Å². The molecule has 1 fully saturated rings. The van der Waals surface area contributed by atoms with Crippen molar-refractivity contribution in [3.05, 3.63) is 75.7 Å². The van der Waals surface area contributed by atoms with Gasteiger partial charge in [-0.1, -0.05) is 30.3 Å². The van der Waals surface area contributed by atoms with Gasteiger partial charge in [-0.2, -0.15) is 0 Å². The Morgan fingerprint density at radius 3 is 2.59 bits per heavy atom. The summed E-state index contributed by atoms with van der Waals surface area (Å²) in [6.07, 6.45) is 1.76. The number of benzene rings is 2. The van der Waals surface area contributed by atoms with Crippen molar-refractivity contribution < 1.29 is 5.11 Å². The molecule has 0 saturated carbocycles. The summed E-state index contributed by atoms with van der Waals surface area (Å²) in [5, 5.41) is 14.6. The molecule has 0 spiro atoms. The molecule has 0 bridgehead atoms. The highest BCUT2D eigenvalue weighted by atomic mass is 32.1. The molecule has 1 N–H and O–H groups in total. The van der Waals surface area contributed by atoms with E-state index in [1.54, 1.807) is 22.7 Å². The molecule has 0 radical (unpaired) electrons. The number of hydrogen-bond donors (Lipinski definition) is 1. The number of fused-ring (bicyclic) bond motifs is 2. The van der Waals surface area contributed by atoms with E-state index in [0.29, 0.717) is 12.3 Å². The van der Waals surface area contributed by atoms with Gasteiger partial charge < -0.3 is 5.11 Å². The molecule has 1 aliphatic rings. The van der Waals surface area contributed by atoms with Gasteiger partial charge in [0.15, 0.2) is 4.96 Å². The predicted octanol–water partition coefficient (Wildman–Crippen LogP) is 2.93. The molecule has 1 saturated heterocycles. The Labute approximate surface area is 172 Å². The number of phenols is 1. The molecule has 148 valence electrons. The number of hydrogen-bond acceptors (Lipinski definition) is 6. The first kappa shape index (κ1) is 18.3. The number of piperazine rings is 1. The first-order valence-corrected chi connectivity index (χ1v) is 10.7. The minimum absolute atomic E-state index is 0.0173. The van der Waals surface area contributed by atoms with Crippen LogP contribution in [0.15, 0.2) is 58.8 Å². The Bertz CT molecular complexity index is 1220. The van der Waals surface area contributed by atoms with Gasteiger partial charge in [0.1, 0.15) is 5.75 Å². The summed E-state index contributed by atoms with van der Waals surface area (Å²) < 4.78 is 1.59. The molecule has 0 aliphatic carbocycles.